The Morgan fingerprint density at radius 1 is 0.893 bits per heavy atom. The smallest absolute Gasteiger partial charge is 0.276 e. The van der Waals surface area contributed by atoms with Crippen molar-refractivity contribution in [1.29, 1.82) is 0 Å². The molecular formula is C20H13Cl3N4O. The molecule has 5 nitrogen and oxygen atoms in total. The molecule has 28 heavy (non-hydrogen) atoms. The Bertz CT molecular complexity index is 1130. The molecule has 0 aliphatic heterocycles. The van der Waals surface area contributed by atoms with Gasteiger partial charge in [-0.3, -0.25) is 4.79 Å². The van der Waals surface area contributed by atoms with E-state index in [1.165, 1.54) is 0 Å². The number of anilines is 1. The van der Waals surface area contributed by atoms with Gasteiger partial charge in [-0.1, -0.05) is 34.8 Å². The molecule has 8 heteroatoms. The Morgan fingerprint density at radius 3 is 2.29 bits per heavy atom. The van der Waals surface area contributed by atoms with Gasteiger partial charge < -0.3 is 9.88 Å². The van der Waals surface area contributed by atoms with Crippen molar-refractivity contribution in [2.75, 3.05) is 5.32 Å². The molecule has 0 unspecified atom stereocenters. The maximum absolute atomic E-state index is 12.7. The van der Waals surface area contributed by atoms with Crippen LogP contribution in [0.2, 0.25) is 15.1 Å². The lowest BCUT2D eigenvalue weighted by atomic mass is 10.3. The number of hydrogen-bond acceptors (Lipinski definition) is 2. The monoisotopic (exact) mass is 430 g/mol. The number of rotatable bonds is 4. The maximum atomic E-state index is 12.7. The van der Waals surface area contributed by atoms with Gasteiger partial charge in [-0.25, -0.2) is 4.68 Å². The van der Waals surface area contributed by atoms with Gasteiger partial charge in [0.2, 0.25) is 0 Å². The van der Waals surface area contributed by atoms with E-state index in [-0.39, 0.29) is 11.6 Å². The number of carbonyl (C=O) groups excluding carboxylic acids is 1. The molecule has 0 spiro atoms. The van der Waals surface area contributed by atoms with E-state index in [0.29, 0.717) is 26.6 Å². The van der Waals surface area contributed by atoms with E-state index >= 15 is 0 Å². The van der Waals surface area contributed by atoms with Crippen LogP contribution in [0, 0.1) is 0 Å². The summed E-state index contributed by atoms with van der Waals surface area (Å²) in [5.74, 6) is 0.353. The molecule has 1 amide bonds. The number of carbonyl (C=O) groups is 1. The minimum atomic E-state index is -0.362. The first-order chi connectivity index (χ1) is 13.5. The normalized spacial score (nSPS) is 10.8. The van der Waals surface area contributed by atoms with E-state index in [9.17, 15) is 4.79 Å². The van der Waals surface area contributed by atoms with Gasteiger partial charge in [-0.05, 0) is 54.6 Å². The van der Waals surface area contributed by atoms with Gasteiger partial charge >= 0.3 is 0 Å². The molecule has 0 aliphatic carbocycles. The minimum absolute atomic E-state index is 0.254. The van der Waals surface area contributed by atoms with Gasteiger partial charge in [-0.15, -0.1) is 0 Å². The molecule has 0 radical (unpaired) electrons. The number of nitrogens with zero attached hydrogens (tertiary/aromatic N) is 3. The van der Waals surface area contributed by atoms with E-state index in [2.05, 4.69) is 10.4 Å². The Balaban J connectivity index is 1.71. The van der Waals surface area contributed by atoms with Crippen molar-refractivity contribution >= 4 is 46.4 Å². The predicted molar refractivity (Wildman–Crippen MR) is 112 cm³/mol. The number of amides is 1. The molecule has 2 aromatic carbocycles. The maximum Gasteiger partial charge on any atom is 0.276 e. The van der Waals surface area contributed by atoms with Crippen LogP contribution in [0.3, 0.4) is 0 Å². The summed E-state index contributed by atoms with van der Waals surface area (Å²) in [6.45, 7) is 0. The van der Waals surface area contributed by atoms with Crippen LogP contribution in [0.25, 0.3) is 11.5 Å². The number of aromatic nitrogens is 3. The average molecular weight is 432 g/mol. The molecule has 0 aliphatic rings. The molecule has 0 saturated heterocycles. The topological polar surface area (TPSA) is 51.9 Å². The quantitative estimate of drug-likeness (QED) is 0.439. The van der Waals surface area contributed by atoms with E-state index < -0.39 is 0 Å². The SMILES string of the molecule is O=C(Nc1ccc(Cl)c(Cl)c1)c1cc(-n2cccc2)n(-c2ccc(Cl)cc2)n1. The zero-order chi connectivity index (χ0) is 19.7. The van der Waals surface area contributed by atoms with Gasteiger partial charge in [-0.2, -0.15) is 5.10 Å². The Labute approximate surface area is 176 Å². The second-order valence-electron chi connectivity index (χ2n) is 5.95. The number of nitrogens with one attached hydrogen (secondary N) is 1. The standard InChI is InChI=1S/C20H13Cl3N4O/c21-13-3-6-15(7-4-13)27-19(26-9-1-2-10-26)12-18(25-27)20(28)24-14-5-8-16(22)17(23)11-14/h1-12H,(H,24,28). The fourth-order valence-corrected chi connectivity index (χ4v) is 3.12. The Hall–Kier alpha value is -2.73. The largest absolute Gasteiger partial charge is 0.321 e. The summed E-state index contributed by atoms with van der Waals surface area (Å²) in [6, 6.07) is 17.6. The summed E-state index contributed by atoms with van der Waals surface area (Å²) in [6.07, 6.45) is 3.76. The van der Waals surface area contributed by atoms with Crippen LogP contribution in [0.1, 0.15) is 10.5 Å². The Kier molecular flexibility index (Phi) is 5.13. The first-order valence-electron chi connectivity index (χ1n) is 8.27. The van der Waals surface area contributed by atoms with Crippen LogP contribution in [0.4, 0.5) is 5.69 Å². The zero-order valence-corrected chi connectivity index (χ0v) is 16.6. The third-order valence-electron chi connectivity index (χ3n) is 4.04. The van der Waals surface area contributed by atoms with E-state index in [1.54, 1.807) is 41.1 Å². The van der Waals surface area contributed by atoms with Crippen LogP contribution < -0.4 is 5.32 Å². The van der Waals surface area contributed by atoms with Gasteiger partial charge in [0.15, 0.2) is 5.69 Å². The molecule has 4 rings (SSSR count). The van der Waals surface area contributed by atoms with Gasteiger partial charge in [0, 0.05) is 29.2 Å². The lowest BCUT2D eigenvalue weighted by Gasteiger charge is -2.08. The van der Waals surface area contributed by atoms with Crippen LogP contribution >= 0.6 is 34.8 Å². The highest BCUT2D eigenvalue weighted by Gasteiger charge is 2.17. The molecule has 0 saturated carbocycles. The van der Waals surface area contributed by atoms with Gasteiger partial charge in [0.1, 0.15) is 5.82 Å². The molecule has 2 aromatic heterocycles. The fraction of sp³-hybridized carbons (Fsp3) is 0. The molecule has 140 valence electrons. The molecular weight excluding hydrogens is 419 g/mol. The summed E-state index contributed by atoms with van der Waals surface area (Å²) in [5, 5.41) is 8.67. The van der Waals surface area contributed by atoms with E-state index in [1.807, 2.05) is 41.2 Å². The number of benzene rings is 2. The molecule has 4 aromatic rings. The predicted octanol–water partition coefficient (Wildman–Crippen LogP) is 5.88. The van der Waals surface area contributed by atoms with Crippen molar-refractivity contribution < 1.29 is 4.79 Å². The van der Waals surface area contributed by atoms with Crippen LogP contribution in [0.15, 0.2) is 73.1 Å². The number of halogens is 3. The molecule has 1 N–H and O–H groups in total. The summed E-state index contributed by atoms with van der Waals surface area (Å²) >= 11 is 17.9. The molecule has 2 heterocycles. The molecule has 0 atom stereocenters. The Morgan fingerprint density at radius 2 is 1.61 bits per heavy atom. The highest BCUT2D eigenvalue weighted by Crippen LogP contribution is 2.26. The summed E-state index contributed by atoms with van der Waals surface area (Å²) in [5.41, 5.74) is 1.56. The van der Waals surface area contributed by atoms with Crippen LogP contribution in [0.5, 0.6) is 0 Å². The lowest BCUT2D eigenvalue weighted by molar-refractivity contribution is 0.102. The van der Waals surface area contributed by atoms with Crippen molar-refractivity contribution in [2.45, 2.75) is 0 Å². The lowest BCUT2D eigenvalue weighted by Crippen LogP contribution is -2.13. The number of hydrogen-bond donors (Lipinski definition) is 1. The third kappa shape index (κ3) is 3.78. The molecule has 0 fully saturated rings. The highest BCUT2D eigenvalue weighted by molar-refractivity contribution is 6.42. The zero-order valence-electron chi connectivity index (χ0n) is 14.3. The first-order valence-corrected chi connectivity index (χ1v) is 9.40. The average Bonchev–Trinajstić information content (AvgIpc) is 3.35. The van der Waals surface area contributed by atoms with Gasteiger partial charge in [0.25, 0.3) is 5.91 Å². The van der Waals surface area contributed by atoms with Crippen molar-refractivity contribution in [2.24, 2.45) is 0 Å². The third-order valence-corrected chi connectivity index (χ3v) is 5.03. The van der Waals surface area contributed by atoms with E-state index in [0.717, 1.165) is 5.69 Å². The molecule has 0 bridgehead atoms. The second kappa shape index (κ2) is 7.72. The fourth-order valence-electron chi connectivity index (χ4n) is 2.69. The highest BCUT2D eigenvalue weighted by atomic mass is 35.5. The van der Waals surface area contributed by atoms with Gasteiger partial charge in [0.05, 0.1) is 15.7 Å². The second-order valence-corrected chi connectivity index (χ2v) is 7.20. The summed E-state index contributed by atoms with van der Waals surface area (Å²) in [4.78, 5) is 12.7. The van der Waals surface area contributed by atoms with Crippen LogP contribution in [-0.4, -0.2) is 20.3 Å². The van der Waals surface area contributed by atoms with E-state index in [4.69, 9.17) is 34.8 Å². The van der Waals surface area contributed by atoms with Crippen molar-refractivity contribution in [3.63, 3.8) is 0 Å². The summed E-state index contributed by atoms with van der Waals surface area (Å²) in [7, 11) is 0. The first kappa shape index (κ1) is 18.6. The minimum Gasteiger partial charge on any atom is -0.321 e. The van der Waals surface area contributed by atoms with Crippen molar-refractivity contribution in [3.05, 3.63) is 93.8 Å². The van der Waals surface area contributed by atoms with Crippen LogP contribution in [-0.2, 0) is 0 Å². The summed E-state index contributed by atoms with van der Waals surface area (Å²) < 4.78 is 3.55. The van der Waals surface area contributed by atoms with Crippen molar-refractivity contribution in [3.8, 4) is 11.5 Å². The van der Waals surface area contributed by atoms with Crippen molar-refractivity contribution in [1.82, 2.24) is 14.3 Å².